The van der Waals surface area contributed by atoms with Crippen LogP contribution in [0.15, 0.2) is 35.6 Å². The van der Waals surface area contributed by atoms with Crippen LogP contribution >= 0.6 is 11.6 Å². The van der Waals surface area contributed by atoms with E-state index in [2.05, 4.69) is 15.0 Å². The number of nitrogens with one attached hydrogen (secondary N) is 1. The average molecular weight is 343 g/mol. The molecule has 1 aliphatic rings. The number of hydrogen-bond acceptors (Lipinski definition) is 3. The van der Waals surface area contributed by atoms with Gasteiger partial charge in [-0.2, -0.15) is 4.99 Å². The molecule has 2 heterocycles. The Hall–Kier alpha value is -2.73. The van der Waals surface area contributed by atoms with E-state index in [1.807, 2.05) is 0 Å². The SMILES string of the molecule is NC(/C=C\c1ccc(Cl)nc1)=NC(=O)c1c[nH]c2c1C(=O)CCC2. The van der Waals surface area contributed by atoms with Crippen molar-refractivity contribution in [3.63, 3.8) is 0 Å². The molecule has 24 heavy (non-hydrogen) atoms. The number of nitrogens with two attached hydrogens (primary N) is 1. The Kier molecular flexibility index (Phi) is 4.57. The fourth-order valence-corrected chi connectivity index (χ4v) is 2.70. The van der Waals surface area contributed by atoms with Crippen molar-refractivity contribution in [3.05, 3.63) is 58.1 Å². The molecule has 2 aromatic rings. The van der Waals surface area contributed by atoms with Gasteiger partial charge in [0.25, 0.3) is 5.91 Å². The van der Waals surface area contributed by atoms with Gasteiger partial charge in [-0.3, -0.25) is 9.59 Å². The smallest absolute Gasteiger partial charge is 0.281 e. The number of aryl methyl sites for hydroxylation is 1. The second-order valence-electron chi connectivity index (χ2n) is 5.42. The van der Waals surface area contributed by atoms with E-state index in [-0.39, 0.29) is 17.2 Å². The number of aromatic nitrogens is 2. The first kappa shape index (κ1) is 16.1. The van der Waals surface area contributed by atoms with Crippen LogP contribution in [-0.2, 0) is 6.42 Å². The Morgan fingerprint density at radius 3 is 2.96 bits per heavy atom. The zero-order chi connectivity index (χ0) is 17.1. The molecule has 0 atom stereocenters. The predicted molar refractivity (Wildman–Crippen MR) is 92.3 cm³/mol. The monoisotopic (exact) mass is 342 g/mol. The van der Waals surface area contributed by atoms with Crippen LogP contribution in [0.3, 0.4) is 0 Å². The Bertz CT molecular complexity index is 850. The average Bonchev–Trinajstić information content (AvgIpc) is 3.00. The quantitative estimate of drug-likeness (QED) is 0.508. The zero-order valence-corrected chi connectivity index (χ0v) is 13.5. The maximum atomic E-state index is 12.3. The zero-order valence-electron chi connectivity index (χ0n) is 12.8. The molecule has 7 heteroatoms. The molecule has 0 fully saturated rings. The number of nitrogens with zero attached hydrogens (tertiary/aromatic N) is 2. The molecule has 2 aromatic heterocycles. The van der Waals surface area contributed by atoms with Gasteiger partial charge in [-0.05, 0) is 36.6 Å². The van der Waals surface area contributed by atoms with Gasteiger partial charge in [-0.15, -0.1) is 0 Å². The van der Waals surface area contributed by atoms with E-state index in [1.165, 1.54) is 12.3 Å². The van der Waals surface area contributed by atoms with E-state index in [9.17, 15) is 9.59 Å². The predicted octanol–water partition coefficient (Wildman–Crippen LogP) is 2.79. The molecule has 0 bridgehead atoms. The minimum atomic E-state index is -0.529. The summed E-state index contributed by atoms with van der Waals surface area (Å²) in [6.07, 6.45) is 8.29. The normalized spacial score (nSPS) is 14.9. The molecule has 0 radical (unpaired) electrons. The summed E-state index contributed by atoms with van der Waals surface area (Å²) in [4.78, 5) is 35.1. The third-order valence-electron chi connectivity index (χ3n) is 3.73. The number of amides is 1. The number of Topliss-reactive ketones (excluding diaryl/α,β-unsaturated/α-hetero) is 1. The van der Waals surface area contributed by atoms with Gasteiger partial charge in [0.2, 0.25) is 0 Å². The number of carbonyl (C=O) groups excluding carboxylic acids is 2. The van der Waals surface area contributed by atoms with Crippen LogP contribution in [0.25, 0.3) is 6.08 Å². The van der Waals surface area contributed by atoms with Gasteiger partial charge in [0, 0.05) is 24.5 Å². The van der Waals surface area contributed by atoms with Gasteiger partial charge < -0.3 is 10.7 Å². The Balaban J connectivity index is 1.78. The highest BCUT2D eigenvalue weighted by atomic mass is 35.5. The molecular formula is C17H15ClN4O2. The lowest BCUT2D eigenvalue weighted by atomic mass is 9.93. The number of aromatic amines is 1. The first-order chi connectivity index (χ1) is 11.5. The van der Waals surface area contributed by atoms with Crippen LogP contribution in [0.4, 0.5) is 0 Å². The van der Waals surface area contributed by atoms with Crippen molar-refractivity contribution in [2.75, 3.05) is 0 Å². The fourth-order valence-electron chi connectivity index (χ4n) is 2.58. The Morgan fingerprint density at radius 2 is 2.21 bits per heavy atom. The van der Waals surface area contributed by atoms with Crippen molar-refractivity contribution in [1.29, 1.82) is 0 Å². The maximum Gasteiger partial charge on any atom is 0.281 e. The van der Waals surface area contributed by atoms with E-state index in [0.29, 0.717) is 17.1 Å². The molecule has 3 N–H and O–H groups in total. The number of H-pyrrole nitrogens is 1. The molecular weight excluding hydrogens is 328 g/mol. The topological polar surface area (TPSA) is 101 Å². The lowest BCUT2D eigenvalue weighted by Crippen LogP contribution is -2.15. The lowest BCUT2D eigenvalue weighted by molar-refractivity contribution is 0.0951. The van der Waals surface area contributed by atoms with Crippen LogP contribution < -0.4 is 5.73 Å². The number of aliphatic imine (C=N–C) groups is 1. The van der Waals surface area contributed by atoms with Crippen molar-refractivity contribution in [2.24, 2.45) is 10.7 Å². The van der Waals surface area contributed by atoms with Gasteiger partial charge in [0.15, 0.2) is 5.78 Å². The number of halogens is 1. The molecule has 0 spiro atoms. The molecule has 0 saturated heterocycles. The van der Waals surface area contributed by atoms with Crippen LogP contribution in [0.1, 0.15) is 44.8 Å². The molecule has 1 amide bonds. The van der Waals surface area contributed by atoms with Crippen molar-refractivity contribution in [1.82, 2.24) is 9.97 Å². The number of carbonyl (C=O) groups is 2. The summed E-state index contributed by atoms with van der Waals surface area (Å²) < 4.78 is 0. The van der Waals surface area contributed by atoms with Gasteiger partial charge in [-0.25, -0.2) is 4.98 Å². The standard InChI is InChI=1S/C17H15ClN4O2/c18-14-6-4-10(8-21-14)5-7-15(19)22-17(24)11-9-20-12-2-1-3-13(23)16(11)12/h4-9,20H,1-3H2,(H2,19,22,24)/b7-5-. The molecule has 0 saturated carbocycles. The van der Waals surface area contributed by atoms with E-state index >= 15 is 0 Å². The summed E-state index contributed by atoms with van der Waals surface area (Å²) in [5.74, 6) is -0.510. The largest absolute Gasteiger partial charge is 0.384 e. The third kappa shape index (κ3) is 3.44. The highest BCUT2D eigenvalue weighted by molar-refractivity contribution is 6.29. The van der Waals surface area contributed by atoms with E-state index in [1.54, 1.807) is 24.4 Å². The van der Waals surface area contributed by atoms with Crippen molar-refractivity contribution >= 4 is 35.2 Å². The first-order valence-corrected chi connectivity index (χ1v) is 7.84. The summed E-state index contributed by atoms with van der Waals surface area (Å²) in [5.41, 5.74) is 8.07. The number of rotatable bonds is 3. The summed E-state index contributed by atoms with van der Waals surface area (Å²) in [5, 5.41) is 0.394. The third-order valence-corrected chi connectivity index (χ3v) is 3.95. The number of ketones is 1. The molecule has 0 aromatic carbocycles. The van der Waals surface area contributed by atoms with Crippen LogP contribution in [0, 0.1) is 0 Å². The van der Waals surface area contributed by atoms with Gasteiger partial charge in [0.1, 0.15) is 11.0 Å². The highest BCUT2D eigenvalue weighted by Gasteiger charge is 2.25. The summed E-state index contributed by atoms with van der Waals surface area (Å²) >= 11 is 5.71. The van der Waals surface area contributed by atoms with E-state index in [4.69, 9.17) is 17.3 Å². The van der Waals surface area contributed by atoms with E-state index < -0.39 is 5.91 Å². The number of amidine groups is 1. The summed E-state index contributed by atoms with van der Waals surface area (Å²) in [6.45, 7) is 0. The van der Waals surface area contributed by atoms with Crippen LogP contribution in [0.2, 0.25) is 5.15 Å². The molecule has 122 valence electrons. The molecule has 3 rings (SSSR count). The number of fused-ring (bicyclic) bond motifs is 1. The fraction of sp³-hybridized carbons (Fsp3) is 0.176. The van der Waals surface area contributed by atoms with Crippen LogP contribution in [0.5, 0.6) is 0 Å². The minimum Gasteiger partial charge on any atom is -0.384 e. The van der Waals surface area contributed by atoms with Crippen molar-refractivity contribution < 1.29 is 9.59 Å². The second kappa shape index (κ2) is 6.80. The van der Waals surface area contributed by atoms with Gasteiger partial charge >= 0.3 is 0 Å². The minimum absolute atomic E-state index is 0.0302. The maximum absolute atomic E-state index is 12.3. The molecule has 1 aliphatic carbocycles. The molecule has 0 aliphatic heterocycles. The first-order valence-electron chi connectivity index (χ1n) is 7.46. The van der Waals surface area contributed by atoms with Crippen molar-refractivity contribution in [2.45, 2.75) is 19.3 Å². The number of hydrogen-bond donors (Lipinski definition) is 2. The second-order valence-corrected chi connectivity index (χ2v) is 5.81. The van der Waals surface area contributed by atoms with Crippen molar-refractivity contribution in [3.8, 4) is 0 Å². The lowest BCUT2D eigenvalue weighted by Gasteiger charge is -2.10. The highest BCUT2D eigenvalue weighted by Crippen LogP contribution is 2.24. The van der Waals surface area contributed by atoms with Gasteiger partial charge in [0.05, 0.1) is 11.1 Å². The Labute approximate surface area is 143 Å². The summed E-state index contributed by atoms with van der Waals surface area (Å²) in [7, 11) is 0. The van der Waals surface area contributed by atoms with Gasteiger partial charge in [-0.1, -0.05) is 17.7 Å². The van der Waals surface area contributed by atoms with Crippen LogP contribution in [-0.4, -0.2) is 27.5 Å². The summed E-state index contributed by atoms with van der Waals surface area (Å²) in [6, 6.07) is 3.42. The Morgan fingerprint density at radius 1 is 1.38 bits per heavy atom. The molecule has 6 nitrogen and oxygen atoms in total. The number of pyridine rings is 1. The van der Waals surface area contributed by atoms with E-state index in [0.717, 1.165) is 24.1 Å². The molecule has 0 unspecified atom stereocenters.